The second-order valence-electron chi connectivity index (χ2n) is 4.33. The van der Waals surface area contributed by atoms with E-state index in [-0.39, 0.29) is 48.9 Å². The standard InChI is InChI=1S/C12H26O.Ba/c1-5-7-11(3)9-13-10-12(4)8-6-2;/h11-12H,5-10H2,1-4H3;. The van der Waals surface area contributed by atoms with Gasteiger partial charge in [-0.25, -0.2) is 0 Å². The normalized spacial score (nSPS) is 14.6. The molecular weight excluding hydrogens is 297 g/mol. The van der Waals surface area contributed by atoms with Crippen molar-refractivity contribution in [3.8, 4) is 0 Å². The van der Waals surface area contributed by atoms with Gasteiger partial charge in [-0.15, -0.1) is 0 Å². The van der Waals surface area contributed by atoms with Gasteiger partial charge in [0.05, 0.1) is 0 Å². The van der Waals surface area contributed by atoms with E-state index in [0.29, 0.717) is 0 Å². The van der Waals surface area contributed by atoms with Crippen LogP contribution in [-0.2, 0) is 4.74 Å². The first-order chi connectivity index (χ1) is 6.20. The largest absolute Gasteiger partial charge is 0.381 e. The van der Waals surface area contributed by atoms with Gasteiger partial charge in [0.2, 0.25) is 0 Å². The van der Waals surface area contributed by atoms with Gasteiger partial charge in [0.15, 0.2) is 0 Å². The summed E-state index contributed by atoms with van der Waals surface area (Å²) in [6.45, 7) is 10.9. The molecule has 0 N–H and O–H groups in total. The predicted octanol–water partition coefficient (Wildman–Crippen LogP) is 3.49. The number of ether oxygens (including phenoxy) is 1. The third-order valence-electron chi connectivity index (χ3n) is 2.37. The molecule has 82 valence electrons. The molecule has 0 aromatic carbocycles. The molecule has 0 aliphatic rings. The quantitative estimate of drug-likeness (QED) is 0.621. The summed E-state index contributed by atoms with van der Waals surface area (Å²) in [4.78, 5) is 0. The van der Waals surface area contributed by atoms with Crippen LogP contribution in [0, 0.1) is 11.8 Å². The molecule has 0 aromatic rings. The molecule has 0 fully saturated rings. The van der Waals surface area contributed by atoms with Crippen molar-refractivity contribution in [3.63, 3.8) is 0 Å². The SMILES string of the molecule is CCCC(C)COCC(C)CCC.[Ba]. The van der Waals surface area contributed by atoms with E-state index in [1.54, 1.807) is 0 Å². The van der Waals surface area contributed by atoms with E-state index in [1.807, 2.05) is 0 Å². The van der Waals surface area contributed by atoms with Crippen LogP contribution in [-0.4, -0.2) is 62.1 Å². The summed E-state index contributed by atoms with van der Waals surface area (Å²) in [5.74, 6) is 1.47. The van der Waals surface area contributed by atoms with E-state index in [9.17, 15) is 0 Å². The molecule has 0 saturated heterocycles. The van der Waals surface area contributed by atoms with Crippen LogP contribution in [0.1, 0.15) is 53.4 Å². The zero-order chi connectivity index (χ0) is 10.1. The molecule has 2 heteroatoms. The summed E-state index contributed by atoms with van der Waals surface area (Å²) in [6.07, 6.45) is 5.13. The van der Waals surface area contributed by atoms with Crippen molar-refractivity contribution in [3.05, 3.63) is 0 Å². The molecule has 0 aliphatic heterocycles. The average molecular weight is 324 g/mol. The van der Waals surface area contributed by atoms with Crippen molar-refractivity contribution in [2.24, 2.45) is 11.8 Å². The number of rotatable bonds is 8. The van der Waals surface area contributed by atoms with Gasteiger partial charge in [-0.3, -0.25) is 0 Å². The molecule has 0 saturated carbocycles. The summed E-state index contributed by atoms with van der Waals surface area (Å²) in [6, 6.07) is 0. The van der Waals surface area contributed by atoms with Crippen LogP contribution in [0.3, 0.4) is 0 Å². The van der Waals surface area contributed by atoms with Crippen LogP contribution >= 0.6 is 0 Å². The van der Waals surface area contributed by atoms with Gasteiger partial charge < -0.3 is 4.74 Å². The summed E-state index contributed by atoms with van der Waals surface area (Å²) in [5.41, 5.74) is 0. The maximum absolute atomic E-state index is 5.66. The van der Waals surface area contributed by atoms with E-state index in [2.05, 4.69) is 27.7 Å². The molecule has 0 aliphatic carbocycles. The monoisotopic (exact) mass is 324 g/mol. The fraction of sp³-hybridized carbons (Fsp3) is 1.00. The van der Waals surface area contributed by atoms with Crippen molar-refractivity contribution in [1.29, 1.82) is 0 Å². The molecule has 0 bridgehead atoms. The molecule has 0 spiro atoms. The minimum Gasteiger partial charge on any atom is -0.381 e. The van der Waals surface area contributed by atoms with Gasteiger partial charge in [-0.05, 0) is 24.7 Å². The topological polar surface area (TPSA) is 9.23 Å². The van der Waals surface area contributed by atoms with E-state index in [1.165, 1.54) is 25.7 Å². The summed E-state index contributed by atoms with van der Waals surface area (Å²) >= 11 is 0. The fourth-order valence-electron chi connectivity index (χ4n) is 1.62. The minimum absolute atomic E-state index is 0. The summed E-state index contributed by atoms with van der Waals surface area (Å²) < 4.78 is 5.66. The van der Waals surface area contributed by atoms with Gasteiger partial charge in [0.1, 0.15) is 0 Å². The average Bonchev–Trinajstić information content (AvgIpc) is 2.05. The molecule has 14 heavy (non-hydrogen) atoms. The first-order valence-electron chi connectivity index (χ1n) is 5.78. The molecular formula is C12H26BaO. The molecule has 2 radical (unpaired) electrons. The molecule has 0 aromatic heterocycles. The maximum Gasteiger partial charge on any atom is 0.0491 e. The van der Waals surface area contributed by atoms with Gasteiger partial charge in [-0.2, -0.15) is 0 Å². The molecule has 0 rings (SSSR count). The minimum atomic E-state index is 0. The Hall–Kier alpha value is 1.53. The van der Waals surface area contributed by atoms with Gasteiger partial charge in [-0.1, -0.05) is 40.5 Å². The van der Waals surface area contributed by atoms with E-state index < -0.39 is 0 Å². The van der Waals surface area contributed by atoms with Crippen molar-refractivity contribution in [2.45, 2.75) is 53.4 Å². The van der Waals surface area contributed by atoms with Crippen molar-refractivity contribution >= 4 is 48.9 Å². The zero-order valence-electron chi connectivity index (χ0n) is 10.5. The molecule has 2 atom stereocenters. The molecule has 0 amide bonds. The molecule has 2 unspecified atom stereocenters. The van der Waals surface area contributed by atoms with Crippen LogP contribution < -0.4 is 0 Å². The maximum atomic E-state index is 5.66. The summed E-state index contributed by atoms with van der Waals surface area (Å²) in [7, 11) is 0. The Morgan fingerprint density at radius 3 is 1.50 bits per heavy atom. The van der Waals surface area contributed by atoms with Crippen molar-refractivity contribution in [2.75, 3.05) is 13.2 Å². The first kappa shape index (κ1) is 17.9. The van der Waals surface area contributed by atoms with Crippen LogP contribution in [0.15, 0.2) is 0 Å². The molecule has 0 heterocycles. The zero-order valence-corrected chi connectivity index (χ0v) is 15.0. The van der Waals surface area contributed by atoms with Gasteiger partial charge >= 0.3 is 0 Å². The Balaban J connectivity index is 0. The molecule has 1 nitrogen and oxygen atoms in total. The Kier molecular flexibility index (Phi) is 16.1. The Morgan fingerprint density at radius 2 is 1.21 bits per heavy atom. The van der Waals surface area contributed by atoms with E-state index in [4.69, 9.17) is 4.74 Å². The number of hydrogen-bond donors (Lipinski definition) is 0. The first-order valence-corrected chi connectivity index (χ1v) is 5.78. The third-order valence-corrected chi connectivity index (χ3v) is 2.37. The van der Waals surface area contributed by atoms with Gasteiger partial charge in [0, 0.05) is 62.1 Å². The van der Waals surface area contributed by atoms with Crippen LogP contribution in [0.4, 0.5) is 0 Å². The van der Waals surface area contributed by atoms with E-state index in [0.717, 1.165) is 25.0 Å². The van der Waals surface area contributed by atoms with Crippen molar-refractivity contribution < 1.29 is 4.74 Å². The summed E-state index contributed by atoms with van der Waals surface area (Å²) in [5, 5.41) is 0. The van der Waals surface area contributed by atoms with Gasteiger partial charge in [0.25, 0.3) is 0 Å². The third kappa shape index (κ3) is 11.6. The predicted molar refractivity (Wildman–Crippen MR) is 64.7 cm³/mol. The van der Waals surface area contributed by atoms with Crippen LogP contribution in [0.2, 0.25) is 0 Å². The fourth-order valence-corrected chi connectivity index (χ4v) is 1.62. The Bertz CT molecular complexity index is 94.5. The van der Waals surface area contributed by atoms with Crippen LogP contribution in [0.5, 0.6) is 0 Å². The van der Waals surface area contributed by atoms with E-state index >= 15 is 0 Å². The Labute approximate surface area is 130 Å². The second-order valence-corrected chi connectivity index (χ2v) is 4.33. The van der Waals surface area contributed by atoms with Crippen molar-refractivity contribution in [1.82, 2.24) is 0 Å². The second kappa shape index (κ2) is 12.6. The van der Waals surface area contributed by atoms with Crippen LogP contribution in [0.25, 0.3) is 0 Å². The Morgan fingerprint density at radius 1 is 0.857 bits per heavy atom. The number of hydrogen-bond acceptors (Lipinski definition) is 1. The smallest absolute Gasteiger partial charge is 0.0491 e.